The summed E-state index contributed by atoms with van der Waals surface area (Å²) in [4.78, 5) is 28.0. The number of aromatic nitrogens is 4. The molecule has 0 aliphatic carbocycles. The van der Waals surface area contributed by atoms with Crippen molar-refractivity contribution in [2.75, 3.05) is 12.3 Å². The van der Waals surface area contributed by atoms with E-state index < -0.39 is 18.0 Å². The predicted octanol–water partition coefficient (Wildman–Crippen LogP) is 4.54. The van der Waals surface area contributed by atoms with E-state index in [0.717, 1.165) is 11.8 Å². The van der Waals surface area contributed by atoms with Gasteiger partial charge in [0.25, 0.3) is 0 Å². The molecule has 0 spiro atoms. The average Bonchev–Trinajstić information content (AvgIpc) is 3.07. The molecule has 0 unspecified atom stereocenters. The van der Waals surface area contributed by atoms with Crippen LogP contribution < -0.4 is 5.73 Å². The van der Waals surface area contributed by atoms with Gasteiger partial charge >= 0.3 is 12.1 Å². The molecule has 4 rings (SSSR count). The van der Waals surface area contributed by atoms with Gasteiger partial charge < -0.3 is 14.9 Å². The number of hydrogen-bond acceptors (Lipinski definition) is 9. The van der Waals surface area contributed by atoms with E-state index in [0.29, 0.717) is 5.39 Å². The van der Waals surface area contributed by atoms with Crippen LogP contribution in [-0.4, -0.2) is 32.5 Å². The highest BCUT2D eigenvalue weighted by atomic mass is 32.2. The van der Waals surface area contributed by atoms with Gasteiger partial charge in [-0.05, 0) is 19.9 Å². The lowest BCUT2D eigenvalue weighted by Crippen LogP contribution is -2.12. The molecule has 2 N–H and O–H groups in total. The Morgan fingerprint density at radius 3 is 2.66 bits per heavy atom. The molecule has 8 nitrogen and oxygen atoms in total. The van der Waals surface area contributed by atoms with Gasteiger partial charge in [-0.2, -0.15) is 18.2 Å². The standard InChI is InChI=1S/C20H16F3N5O3S/c1-3-30-18(29)13-9(2)31-16-14(13)15(24)26-12(27-16)8-32-17-10-6-4-5-7-11(10)25-19(28-17)20(21,22)23/h4-7H,3,8H2,1-2H3,(H2,24,26,27). The molecular formula is C20H16F3N5O3S. The number of thioether (sulfide) groups is 1. The number of esters is 1. The highest BCUT2D eigenvalue weighted by Gasteiger charge is 2.35. The average molecular weight is 463 g/mol. The maximum atomic E-state index is 13.2. The number of carbonyl (C=O) groups excluding carboxylic acids is 1. The van der Waals surface area contributed by atoms with E-state index in [1.54, 1.807) is 32.0 Å². The third-order valence-electron chi connectivity index (χ3n) is 4.44. The first kappa shape index (κ1) is 21.8. The SMILES string of the molecule is CCOC(=O)c1c(C)oc2nc(CSc3nc(C(F)(F)F)nc4ccccc34)nc(N)c12. The van der Waals surface area contributed by atoms with E-state index in [9.17, 15) is 18.0 Å². The summed E-state index contributed by atoms with van der Waals surface area (Å²) in [5.41, 5.74) is 6.46. The second-order valence-electron chi connectivity index (χ2n) is 6.61. The van der Waals surface area contributed by atoms with Crippen LogP contribution in [0.25, 0.3) is 22.0 Å². The summed E-state index contributed by atoms with van der Waals surface area (Å²) < 4.78 is 50.2. The molecule has 32 heavy (non-hydrogen) atoms. The Morgan fingerprint density at radius 2 is 1.94 bits per heavy atom. The number of rotatable bonds is 5. The first-order chi connectivity index (χ1) is 15.2. The molecule has 3 heterocycles. The van der Waals surface area contributed by atoms with Crippen molar-refractivity contribution in [3.63, 3.8) is 0 Å². The third-order valence-corrected chi connectivity index (χ3v) is 5.43. The number of benzene rings is 1. The lowest BCUT2D eigenvalue weighted by molar-refractivity contribution is -0.145. The van der Waals surface area contributed by atoms with E-state index in [-0.39, 0.29) is 57.0 Å². The minimum atomic E-state index is -4.69. The fraction of sp³-hybridized carbons (Fsp3) is 0.250. The monoisotopic (exact) mass is 463 g/mol. The number of ether oxygens (including phenoxy) is 1. The number of nitrogen functional groups attached to an aromatic ring is 1. The molecule has 0 atom stereocenters. The topological polar surface area (TPSA) is 117 Å². The number of hydrogen-bond donors (Lipinski definition) is 1. The number of aryl methyl sites for hydroxylation is 1. The normalized spacial score (nSPS) is 11.9. The first-order valence-electron chi connectivity index (χ1n) is 9.38. The maximum Gasteiger partial charge on any atom is 0.451 e. The van der Waals surface area contributed by atoms with Gasteiger partial charge in [0.05, 0.1) is 23.3 Å². The summed E-state index contributed by atoms with van der Waals surface area (Å²) in [6.07, 6.45) is -4.69. The van der Waals surface area contributed by atoms with Crippen LogP contribution in [0.1, 0.15) is 34.7 Å². The number of halogens is 3. The molecule has 1 aromatic carbocycles. The molecule has 0 aliphatic rings. The smallest absolute Gasteiger partial charge is 0.451 e. The van der Waals surface area contributed by atoms with Crippen molar-refractivity contribution in [3.05, 3.63) is 47.2 Å². The van der Waals surface area contributed by atoms with Gasteiger partial charge in [0, 0.05) is 5.39 Å². The number of furan rings is 1. The summed E-state index contributed by atoms with van der Waals surface area (Å²) in [7, 11) is 0. The minimum absolute atomic E-state index is 0.00836. The molecule has 0 saturated carbocycles. The Labute approximate surface area is 183 Å². The molecule has 0 saturated heterocycles. The second-order valence-corrected chi connectivity index (χ2v) is 7.58. The van der Waals surface area contributed by atoms with Crippen molar-refractivity contribution < 1.29 is 27.1 Å². The summed E-state index contributed by atoms with van der Waals surface area (Å²) in [6.45, 7) is 3.42. The van der Waals surface area contributed by atoms with Gasteiger partial charge in [-0.15, -0.1) is 0 Å². The quantitative estimate of drug-likeness (QED) is 0.258. The first-order valence-corrected chi connectivity index (χ1v) is 10.4. The molecule has 0 fully saturated rings. The van der Waals surface area contributed by atoms with Crippen LogP contribution in [-0.2, 0) is 16.7 Å². The summed E-state index contributed by atoms with van der Waals surface area (Å²) in [5, 5.41) is 0.840. The lowest BCUT2D eigenvalue weighted by atomic mass is 10.2. The third kappa shape index (κ3) is 4.05. The molecule has 0 aliphatic heterocycles. The number of para-hydroxylation sites is 1. The fourth-order valence-corrected chi connectivity index (χ4v) is 3.99. The number of nitrogens with zero attached hydrogens (tertiary/aromatic N) is 4. The predicted molar refractivity (Wildman–Crippen MR) is 111 cm³/mol. The molecule has 0 bridgehead atoms. The Hall–Kier alpha value is -3.41. The maximum absolute atomic E-state index is 13.2. The van der Waals surface area contributed by atoms with Crippen LogP contribution in [0.4, 0.5) is 19.0 Å². The minimum Gasteiger partial charge on any atom is -0.462 e. The molecule has 166 valence electrons. The lowest BCUT2D eigenvalue weighted by Gasteiger charge is -2.10. The van der Waals surface area contributed by atoms with Gasteiger partial charge in [0.2, 0.25) is 11.5 Å². The van der Waals surface area contributed by atoms with Crippen molar-refractivity contribution in [1.29, 1.82) is 0 Å². The van der Waals surface area contributed by atoms with Gasteiger partial charge in [0.1, 0.15) is 28.0 Å². The van der Waals surface area contributed by atoms with Crippen molar-refractivity contribution in [1.82, 2.24) is 19.9 Å². The molecule has 4 aromatic rings. The number of anilines is 1. The van der Waals surface area contributed by atoms with Crippen LogP contribution in [0.15, 0.2) is 33.7 Å². The van der Waals surface area contributed by atoms with Crippen molar-refractivity contribution in [2.45, 2.75) is 30.8 Å². The zero-order valence-electron chi connectivity index (χ0n) is 16.9. The highest BCUT2D eigenvalue weighted by molar-refractivity contribution is 7.98. The number of fused-ring (bicyclic) bond motifs is 2. The molecular weight excluding hydrogens is 447 g/mol. The van der Waals surface area contributed by atoms with Gasteiger partial charge in [0.15, 0.2) is 0 Å². The highest BCUT2D eigenvalue weighted by Crippen LogP contribution is 2.34. The number of nitrogens with two attached hydrogens (primary N) is 1. The summed E-state index contributed by atoms with van der Waals surface area (Å²) >= 11 is 1.01. The van der Waals surface area contributed by atoms with E-state index in [4.69, 9.17) is 14.9 Å². The number of carbonyl (C=O) groups is 1. The second kappa shape index (κ2) is 8.26. The van der Waals surface area contributed by atoms with Gasteiger partial charge in [-0.1, -0.05) is 30.0 Å². The van der Waals surface area contributed by atoms with Crippen LogP contribution in [0.3, 0.4) is 0 Å². The van der Waals surface area contributed by atoms with E-state index in [2.05, 4.69) is 19.9 Å². The van der Waals surface area contributed by atoms with E-state index in [1.807, 2.05) is 0 Å². The Bertz CT molecular complexity index is 1340. The van der Waals surface area contributed by atoms with Crippen LogP contribution in [0, 0.1) is 6.92 Å². The van der Waals surface area contributed by atoms with Crippen LogP contribution in [0.2, 0.25) is 0 Å². The zero-order chi connectivity index (χ0) is 23.0. The Balaban J connectivity index is 1.70. The van der Waals surface area contributed by atoms with E-state index >= 15 is 0 Å². The van der Waals surface area contributed by atoms with Gasteiger partial charge in [-0.3, -0.25) is 0 Å². The van der Waals surface area contributed by atoms with E-state index in [1.165, 1.54) is 6.07 Å². The molecule has 12 heteroatoms. The molecule has 3 aromatic heterocycles. The largest absolute Gasteiger partial charge is 0.462 e. The van der Waals surface area contributed by atoms with Crippen molar-refractivity contribution >= 4 is 45.6 Å². The summed E-state index contributed by atoms with van der Waals surface area (Å²) in [5.74, 6) is -1.27. The molecule has 0 amide bonds. The van der Waals surface area contributed by atoms with Crippen molar-refractivity contribution in [3.8, 4) is 0 Å². The Morgan fingerprint density at radius 1 is 1.19 bits per heavy atom. The fourth-order valence-electron chi connectivity index (χ4n) is 3.11. The van der Waals surface area contributed by atoms with Gasteiger partial charge in [-0.25, -0.2) is 19.7 Å². The number of alkyl halides is 3. The van der Waals surface area contributed by atoms with Crippen LogP contribution >= 0.6 is 11.8 Å². The van der Waals surface area contributed by atoms with Crippen molar-refractivity contribution in [2.24, 2.45) is 0 Å². The van der Waals surface area contributed by atoms with Crippen LogP contribution in [0.5, 0.6) is 0 Å². The zero-order valence-corrected chi connectivity index (χ0v) is 17.7. The summed E-state index contributed by atoms with van der Waals surface area (Å²) in [6, 6.07) is 6.41. The molecule has 0 radical (unpaired) electrons. The Kier molecular flexibility index (Phi) is 5.63.